The van der Waals surface area contributed by atoms with Crippen LogP contribution >= 0.6 is 15.9 Å². The van der Waals surface area contributed by atoms with Crippen molar-refractivity contribution in [1.29, 1.82) is 0 Å². The molecule has 1 aromatic rings. The summed E-state index contributed by atoms with van der Waals surface area (Å²) in [6.07, 6.45) is 2.21. The minimum atomic E-state index is -3.44. The fraction of sp³-hybridized carbons (Fsp3) is 0.455. The normalized spacial score (nSPS) is 22.6. The van der Waals surface area contributed by atoms with Crippen molar-refractivity contribution >= 4 is 26.0 Å². The molecule has 17 heavy (non-hydrogen) atoms. The van der Waals surface area contributed by atoms with Gasteiger partial charge in [-0.3, -0.25) is 0 Å². The van der Waals surface area contributed by atoms with E-state index in [1.165, 1.54) is 4.31 Å². The molecular weight excluding hydrogens is 304 g/mol. The van der Waals surface area contributed by atoms with E-state index in [4.69, 9.17) is 5.73 Å². The van der Waals surface area contributed by atoms with Gasteiger partial charge in [0.2, 0.25) is 10.0 Å². The number of hydrogen-bond donors (Lipinski definition) is 1. The minimum Gasteiger partial charge on any atom is -0.315 e. The van der Waals surface area contributed by atoms with Gasteiger partial charge in [-0.2, -0.15) is 4.31 Å². The summed E-state index contributed by atoms with van der Waals surface area (Å²) in [6, 6.07) is 6.65. The number of nitrogens with zero attached hydrogens (tertiary/aromatic N) is 1. The van der Waals surface area contributed by atoms with Crippen molar-refractivity contribution in [2.45, 2.75) is 30.3 Å². The van der Waals surface area contributed by atoms with Crippen molar-refractivity contribution in [2.24, 2.45) is 5.73 Å². The van der Waals surface area contributed by atoms with Gasteiger partial charge in [0.1, 0.15) is 0 Å². The van der Waals surface area contributed by atoms with Gasteiger partial charge in [0.15, 0.2) is 0 Å². The molecule has 1 aliphatic rings. The summed E-state index contributed by atoms with van der Waals surface area (Å²) in [5.41, 5.74) is 5.87. The van der Waals surface area contributed by atoms with E-state index in [1.54, 1.807) is 24.3 Å². The molecule has 0 saturated carbocycles. The van der Waals surface area contributed by atoms with Gasteiger partial charge in [-0.05, 0) is 43.5 Å². The lowest BCUT2D eigenvalue weighted by molar-refractivity contribution is 0.258. The fourth-order valence-corrected chi connectivity index (χ4v) is 3.82. The number of nitrogens with two attached hydrogens (primary N) is 1. The third kappa shape index (κ3) is 2.70. The van der Waals surface area contributed by atoms with Crippen LogP contribution in [0.4, 0.5) is 0 Å². The topological polar surface area (TPSA) is 63.4 Å². The first kappa shape index (κ1) is 13.0. The molecule has 4 nitrogen and oxygen atoms in total. The molecule has 0 radical (unpaired) electrons. The molecule has 1 aromatic carbocycles. The van der Waals surface area contributed by atoms with Gasteiger partial charge in [0.25, 0.3) is 0 Å². The lowest BCUT2D eigenvalue weighted by atomic mass is 10.1. The summed E-state index contributed by atoms with van der Waals surface area (Å²) in [5.74, 6) is 0. The quantitative estimate of drug-likeness (QED) is 0.906. The molecule has 1 unspecified atom stereocenters. The summed E-state index contributed by atoms with van der Waals surface area (Å²) in [7, 11) is -3.44. The second kappa shape index (κ2) is 5.06. The van der Waals surface area contributed by atoms with Crippen LogP contribution < -0.4 is 5.73 Å². The Kier molecular flexibility index (Phi) is 3.87. The molecule has 0 amide bonds. The van der Waals surface area contributed by atoms with E-state index >= 15 is 0 Å². The summed E-state index contributed by atoms with van der Waals surface area (Å²) in [6.45, 7) is 0.513. The van der Waals surface area contributed by atoms with Gasteiger partial charge >= 0.3 is 0 Å². The van der Waals surface area contributed by atoms with Crippen LogP contribution in [0.1, 0.15) is 19.3 Å². The molecule has 94 valence electrons. The van der Waals surface area contributed by atoms with Gasteiger partial charge in [0, 0.05) is 11.0 Å². The maximum absolute atomic E-state index is 12.3. The summed E-state index contributed by atoms with van der Waals surface area (Å²) >= 11 is 3.29. The van der Waals surface area contributed by atoms with Crippen molar-refractivity contribution < 1.29 is 8.42 Å². The van der Waals surface area contributed by atoms with Crippen LogP contribution in [0.2, 0.25) is 0 Å². The average Bonchev–Trinajstić information content (AvgIpc) is 2.30. The van der Waals surface area contributed by atoms with Gasteiger partial charge in [-0.25, -0.2) is 8.42 Å². The van der Waals surface area contributed by atoms with Crippen LogP contribution in [0.15, 0.2) is 33.6 Å². The molecule has 1 aliphatic heterocycles. The average molecular weight is 319 g/mol. The van der Waals surface area contributed by atoms with Crippen molar-refractivity contribution in [2.75, 3.05) is 6.54 Å². The van der Waals surface area contributed by atoms with Crippen molar-refractivity contribution in [3.63, 3.8) is 0 Å². The van der Waals surface area contributed by atoms with Crippen LogP contribution in [-0.4, -0.2) is 25.4 Å². The van der Waals surface area contributed by atoms with Crippen molar-refractivity contribution in [1.82, 2.24) is 4.31 Å². The van der Waals surface area contributed by atoms with E-state index in [9.17, 15) is 8.42 Å². The van der Waals surface area contributed by atoms with E-state index in [0.717, 1.165) is 23.7 Å². The first-order chi connectivity index (χ1) is 8.01. The number of piperidine rings is 1. The zero-order valence-electron chi connectivity index (χ0n) is 9.34. The summed E-state index contributed by atoms with van der Waals surface area (Å²) < 4.78 is 26.9. The Morgan fingerprint density at radius 1 is 1.24 bits per heavy atom. The second-order valence-corrected chi connectivity index (χ2v) is 6.94. The third-order valence-corrected chi connectivity index (χ3v) is 5.39. The lowest BCUT2D eigenvalue weighted by Gasteiger charge is -2.31. The smallest absolute Gasteiger partial charge is 0.244 e. The molecule has 1 atom stereocenters. The highest BCUT2D eigenvalue weighted by atomic mass is 79.9. The maximum atomic E-state index is 12.3. The van der Waals surface area contributed by atoms with Crippen LogP contribution in [0.3, 0.4) is 0 Å². The van der Waals surface area contributed by atoms with Gasteiger partial charge in [0.05, 0.1) is 11.1 Å². The highest BCUT2D eigenvalue weighted by molar-refractivity contribution is 9.10. The Labute approximate surface area is 110 Å². The molecule has 2 N–H and O–H groups in total. The molecule has 1 fully saturated rings. The highest BCUT2D eigenvalue weighted by Crippen LogP contribution is 2.24. The van der Waals surface area contributed by atoms with E-state index in [1.807, 2.05) is 0 Å². The predicted octanol–water partition coefficient (Wildman–Crippen LogP) is 1.91. The summed E-state index contributed by atoms with van der Waals surface area (Å²) in [5, 5.41) is 0. The first-order valence-electron chi connectivity index (χ1n) is 5.55. The number of benzene rings is 1. The molecule has 0 bridgehead atoms. The molecule has 0 aromatic heterocycles. The summed E-state index contributed by atoms with van der Waals surface area (Å²) in [4.78, 5) is 0.304. The third-order valence-electron chi connectivity index (χ3n) is 2.92. The van der Waals surface area contributed by atoms with Gasteiger partial charge < -0.3 is 5.73 Å². The highest BCUT2D eigenvalue weighted by Gasteiger charge is 2.31. The number of hydrogen-bond acceptors (Lipinski definition) is 3. The van der Waals surface area contributed by atoms with Crippen LogP contribution in [0.5, 0.6) is 0 Å². The number of sulfonamides is 1. The lowest BCUT2D eigenvalue weighted by Crippen LogP contribution is -2.48. The van der Waals surface area contributed by atoms with E-state index in [-0.39, 0.29) is 0 Å². The molecule has 0 spiro atoms. The van der Waals surface area contributed by atoms with E-state index < -0.39 is 16.2 Å². The van der Waals surface area contributed by atoms with Crippen molar-refractivity contribution in [3.8, 4) is 0 Å². The standard InChI is InChI=1S/C11H15BrN2O2S/c12-9-4-6-10(7-5-9)17(15,16)14-8-2-1-3-11(14)13/h4-7,11H,1-3,8,13H2. The Morgan fingerprint density at radius 2 is 1.88 bits per heavy atom. The molecule has 2 rings (SSSR count). The largest absolute Gasteiger partial charge is 0.315 e. The molecule has 1 heterocycles. The first-order valence-corrected chi connectivity index (χ1v) is 7.78. The molecule has 1 saturated heterocycles. The molecular formula is C11H15BrN2O2S. The molecule has 0 aliphatic carbocycles. The monoisotopic (exact) mass is 318 g/mol. The SMILES string of the molecule is NC1CCCCN1S(=O)(=O)c1ccc(Br)cc1. The van der Waals surface area contributed by atoms with Crippen LogP contribution in [-0.2, 0) is 10.0 Å². The van der Waals surface area contributed by atoms with Crippen molar-refractivity contribution in [3.05, 3.63) is 28.7 Å². The Balaban J connectivity index is 2.32. The fourth-order valence-electron chi connectivity index (χ4n) is 1.97. The Morgan fingerprint density at radius 3 is 2.47 bits per heavy atom. The predicted molar refractivity (Wildman–Crippen MR) is 69.9 cm³/mol. The zero-order chi connectivity index (χ0) is 12.5. The number of halogens is 1. The van der Waals surface area contributed by atoms with Crippen LogP contribution in [0.25, 0.3) is 0 Å². The van der Waals surface area contributed by atoms with Crippen LogP contribution in [0, 0.1) is 0 Å². The second-order valence-electron chi connectivity index (χ2n) is 4.13. The van der Waals surface area contributed by atoms with E-state index in [2.05, 4.69) is 15.9 Å². The number of rotatable bonds is 2. The Bertz CT molecular complexity index is 487. The zero-order valence-corrected chi connectivity index (χ0v) is 11.7. The molecule has 6 heteroatoms. The van der Waals surface area contributed by atoms with Gasteiger partial charge in [-0.15, -0.1) is 0 Å². The minimum absolute atomic E-state index is 0.304. The maximum Gasteiger partial charge on any atom is 0.244 e. The van der Waals surface area contributed by atoms with E-state index in [0.29, 0.717) is 11.4 Å². The Hall–Kier alpha value is -0.430. The van der Waals surface area contributed by atoms with Gasteiger partial charge in [-0.1, -0.05) is 15.9 Å².